The van der Waals surface area contributed by atoms with Crippen LogP contribution in [0.3, 0.4) is 0 Å². The molecule has 14 heteroatoms. The molecule has 194 valence electrons. The van der Waals surface area contributed by atoms with Crippen molar-refractivity contribution in [1.82, 2.24) is 9.21 Å². The molecule has 2 fully saturated rings. The predicted octanol–water partition coefficient (Wildman–Crippen LogP) is 0.752. The van der Waals surface area contributed by atoms with Crippen molar-refractivity contribution in [3.8, 4) is 0 Å². The van der Waals surface area contributed by atoms with Gasteiger partial charge in [0.25, 0.3) is 5.91 Å². The molecule has 0 saturated carbocycles. The molecule has 0 radical (unpaired) electrons. The highest BCUT2D eigenvalue weighted by Crippen LogP contribution is 2.30. The second-order valence-corrected chi connectivity index (χ2v) is 12.7. The summed E-state index contributed by atoms with van der Waals surface area (Å²) in [6.45, 7) is 2.68. The molecule has 4 rings (SSSR count). The number of ether oxygens (including phenoxy) is 1. The van der Waals surface area contributed by atoms with Crippen molar-refractivity contribution in [2.24, 2.45) is 5.14 Å². The summed E-state index contributed by atoms with van der Waals surface area (Å²) in [5.74, 6) is -1.29. The molecule has 0 spiro atoms. The second kappa shape index (κ2) is 10.7. The molecule has 0 bridgehead atoms. The third-order valence-electron chi connectivity index (χ3n) is 6.05. The zero-order valence-electron chi connectivity index (χ0n) is 19.1. The lowest BCUT2D eigenvalue weighted by Crippen LogP contribution is -2.49. The number of carbonyl (C=O) groups excluding carboxylic acids is 2. The standard InChI is InChI=1S/C22H25BrN4O7S2/c23-16-1-5-19(6-2-16)36(32,33)26(10-9-25-11-13-34-14-12-25)20-15-21(28)27(22(20)29)17-3-7-18(8-4-17)35(24,30)31/h1-8,20H,9-15H2,(H2,24,30,31). The maximum atomic E-state index is 13.7. The largest absolute Gasteiger partial charge is 0.379 e. The van der Waals surface area contributed by atoms with Crippen LogP contribution in [-0.4, -0.2) is 83.3 Å². The average Bonchev–Trinajstić information content (AvgIpc) is 3.13. The number of sulfonamides is 2. The Bertz CT molecular complexity index is 1340. The summed E-state index contributed by atoms with van der Waals surface area (Å²) < 4.78 is 57.5. The summed E-state index contributed by atoms with van der Waals surface area (Å²) in [7, 11) is -8.09. The minimum atomic E-state index is -4.13. The van der Waals surface area contributed by atoms with E-state index in [9.17, 15) is 26.4 Å². The molecule has 2 aromatic rings. The van der Waals surface area contributed by atoms with Crippen molar-refractivity contribution < 1.29 is 31.2 Å². The van der Waals surface area contributed by atoms with Crippen LogP contribution in [0.2, 0.25) is 0 Å². The maximum absolute atomic E-state index is 13.7. The van der Waals surface area contributed by atoms with Crippen molar-refractivity contribution in [3.05, 3.63) is 53.0 Å². The fourth-order valence-corrected chi connectivity index (χ4v) is 6.50. The molecule has 1 atom stereocenters. The lowest BCUT2D eigenvalue weighted by Gasteiger charge is -2.31. The van der Waals surface area contributed by atoms with Gasteiger partial charge in [0.1, 0.15) is 6.04 Å². The molecular formula is C22H25BrN4O7S2. The summed E-state index contributed by atoms with van der Waals surface area (Å²) in [6.07, 6.45) is -0.339. The lowest BCUT2D eigenvalue weighted by atomic mass is 10.2. The number of halogens is 1. The van der Waals surface area contributed by atoms with Crippen LogP contribution in [0.25, 0.3) is 0 Å². The molecule has 0 aliphatic carbocycles. The summed E-state index contributed by atoms with van der Waals surface area (Å²) >= 11 is 3.29. The van der Waals surface area contributed by atoms with E-state index in [1.54, 1.807) is 12.1 Å². The number of nitrogens with two attached hydrogens (primary N) is 1. The SMILES string of the molecule is NS(=O)(=O)c1ccc(N2C(=O)CC(N(CCN3CCOCC3)S(=O)(=O)c3ccc(Br)cc3)C2=O)cc1. The highest BCUT2D eigenvalue weighted by molar-refractivity contribution is 9.10. The first-order valence-electron chi connectivity index (χ1n) is 11.1. The number of rotatable bonds is 8. The van der Waals surface area contributed by atoms with Crippen LogP contribution in [0.5, 0.6) is 0 Å². The van der Waals surface area contributed by atoms with Gasteiger partial charge in [0.2, 0.25) is 26.0 Å². The number of imide groups is 1. The van der Waals surface area contributed by atoms with Crippen molar-refractivity contribution in [3.63, 3.8) is 0 Å². The zero-order valence-corrected chi connectivity index (χ0v) is 22.3. The molecule has 2 aliphatic rings. The molecule has 2 aromatic carbocycles. The van der Waals surface area contributed by atoms with E-state index in [0.717, 1.165) is 9.21 Å². The van der Waals surface area contributed by atoms with Crippen molar-refractivity contribution in [2.75, 3.05) is 44.3 Å². The smallest absolute Gasteiger partial charge is 0.252 e. The number of amides is 2. The number of anilines is 1. The van der Waals surface area contributed by atoms with Crippen LogP contribution < -0.4 is 10.0 Å². The van der Waals surface area contributed by atoms with Gasteiger partial charge in [-0.25, -0.2) is 26.9 Å². The maximum Gasteiger partial charge on any atom is 0.252 e. The van der Waals surface area contributed by atoms with Crippen LogP contribution in [0.4, 0.5) is 5.69 Å². The fraction of sp³-hybridized carbons (Fsp3) is 0.364. The predicted molar refractivity (Wildman–Crippen MR) is 134 cm³/mol. The molecule has 0 aromatic heterocycles. The van der Waals surface area contributed by atoms with Gasteiger partial charge in [0.05, 0.1) is 35.1 Å². The molecule has 2 N–H and O–H groups in total. The third-order valence-corrected chi connectivity index (χ3v) is 9.43. The number of hydrogen-bond acceptors (Lipinski definition) is 8. The fourth-order valence-electron chi connectivity index (χ4n) is 4.15. The molecule has 2 aliphatic heterocycles. The summed E-state index contributed by atoms with van der Waals surface area (Å²) in [4.78, 5) is 29.1. The quantitative estimate of drug-likeness (QED) is 0.436. The van der Waals surface area contributed by atoms with Gasteiger partial charge in [-0.05, 0) is 48.5 Å². The van der Waals surface area contributed by atoms with Gasteiger partial charge in [-0.2, -0.15) is 4.31 Å². The van der Waals surface area contributed by atoms with Gasteiger partial charge in [-0.15, -0.1) is 0 Å². The van der Waals surface area contributed by atoms with Crippen LogP contribution >= 0.6 is 15.9 Å². The zero-order chi connectivity index (χ0) is 26.1. The number of primary sulfonamides is 1. The molecule has 2 saturated heterocycles. The van der Waals surface area contributed by atoms with Gasteiger partial charge >= 0.3 is 0 Å². The third kappa shape index (κ3) is 5.69. The van der Waals surface area contributed by atoms with E-state index in [1.807, 2.05) is 4.90 Å². The number of hydrogen-bond donors (Lipinski definition) is 1. The van der Waals surface area contributed by atoms with E-state index >= 15 is 0 Å². The van der Waals surface area contributed by atoms with Crippen molar-refractivity contribution >= 4 is 53.5 Å². The number of morpholine rings is 1. The molecular weight excluding hydrogens is 576 g/mol. The van der Waals surface area contributed by atoms with Gasteiger partial charge in [-0.1, -0.05) is 15.9 Å². The first kappa shape index (κ1) is 26.9. The number of nitrogens with zero attached hydrogens (tertiary/aromatic N) is 3. The monoisotopic (exact) mass is 600 g/mol. The Kier molecular flexibility index (Phi) is 7.95. The normalized spacial score (nSPS) is 19.9. The van der Waals surface area contributed by atoms with Crippen LogP contribution in [0, 0.1) is 0 Å². The minimum absolute atomic E-state index is 0.000277. The number of benzene rings is 2. The Labute approximate surface area is 218 Å². The average molecular weight is 602 g/mol. The van der Waals surface area contributed by atoms with Crippen LogP contribution in [0.15, 0.2) is 62.8 Å². The van der Waals surface area contributed by atoms with E-state index in [0.29, 0.717) is 37.3 Å². The highest BCUT2D eigenvalue weighted by atomic mass is 79.9. The first-order chi connectivity index (χ1) is 17.0. The minimum Gasteiger partial charge on any atom is -0.379 e. The van der Waals surface area contributed by atoms with Gasteiger partial charge in [0.15, 0.2) is 0 Å². The topological polar surface area (TPSA) is 147 Å². The molecule has 36 heavy (non-hydrogen) atoms. The Hall–Kier alpha value is -2.20. The molecule has 1 unspecified atom stereocenters. The molecule has 2 heterocycles. The number of carbonyl (C=O) groups is 2. The van der Waals surface area contributed by atoms with E-state index < -0.39 is 37.9 Å². The lowest BCUT2D eigenvalue weighted by molar-refractivity contribution is -0.122. The van der Waals surface area contributed by atoms with Crippen LogP contribution in [0.1, 0.15) is 6.42 Å². The van der Waals surface area contributed by atoms with E-state index in [-0.39, 0.29) is 28.4 Å². The summed E-state index contributed by atoms with van der Waals surface area (Å²) in [5, 5.41) is 5.12. The van der Waals surface area contributed by atoms with Gasteiger partial charge < -0.3 is 4.74 Å². The summed E-state index contributed by atoms with van der Waals surface area (Å²) in [6, 6.07) is 9.77. The molecule has 11 nitrogen and oxygen atoms in total. The second-order valence-electron chi connectivity index (χ2n) is 8.35. The van der Waals surface area contributed by atoms with E-state index in [2.05, 4.69) is 15.9 Å². The van der Waals surface area contributed by atoms with Gasteiger partial charge in [-0.3, -0.25) is 14.5 Å². The van der Waals surface area contributed by atoms with Gasteiger partial charge in [0, 0.05) is 30.7 Å². The van der Waals surface area contributed by atoms with Crippen LogP contribution in [-0.2, 0) is 34.4 Å². The van der Waals surface area contributed by atoms with E-state index in [4.69, 9.17) is 9.88 Å². The Morgan fingerprint density at radius 1 is 0.944 bits per heavy atom. The summed E-state index contributed by atoms with van der Waals surface area (Å²) in [5.41, 5.74) is 0.133. The highest BCUT2D eigenvalue weighted by Gasteiger charge is 2.47. The Morgan fingerprint density at radius 2 is 1.53 bits per heavy atom. The Morgan fingerprint density at radius 3 is 2.11 bits per heavy atom. The van der Waals surface area contributed by atoms with Crippen molar-refractivity contribution in [1.29, 1.82) is 0 Å². The Balaban J connectivity index is 1.64. The first-order valence-corrected chi connectivity index (χ1v) is 14.8. The van der Waals surface area contributed by atoms with Crippen molar-refractivity contribution in [2.45, 2.75) is 22.3 Å². The molecule has 2 amide bonds. The van der Waals surface area contributed by atoms with E-state index in [1.165, 1.54) is 36.4 Å².